The first-order valence-corrected chi connectivity index (χ1v) is 6.48. The van der Waals surface area contributed by atoms with Gasteiger partial charge in [-0.05, 0) is 37.1 Å². The Hall–Kier alpha value is -1.10. The third-order valence-corrected chi connectivity index (χ3v) is 3.65. The minimum absolute atomic E-state index is 0. The van der Waals surface area contributed by atoms with E-state index >= 15 is 0 Å². The molecule has 0 saturated carbocycles. The molecule has 4 nitrogen and oxygen atoms in total. The molecule has 0 unspecified atom stereocenters. The molecule has 0 spiro atoms. The Morgan fingerprint density at radius 2 is 1.68 bits per heavy atom. The molecule has 1 fully saturated rings. The highest BCUT2D eigenvalue weighted by atomic mass is 35.5. The van der Waals surface area contributed by atoms with Gasteiger partial charge in [0.25, 0.3) is 0 Å². The lowest BCUT2D eigenvalue weighted by Gasteiger charge is -2.30. The zero-order valence-corrected chi connectivity index (χ0v) is 11.9. The molecule has 2 rings (SSSR count). The molecule has 5 heteroatoms. The number of piperidine rings is 1. The standard InChI is InChI=1S/C14H21N3O.ClH/c15-9-11-1-3-12(4-2-11)10-17-7-5-13(6-8-17)14(16)18;/h1-4,13H,5-10,15H2,(H2,16,18);1H. The number of nitrogens with zero attached hydrogens (tertiary/aromatic N) is 1. The second-order valence-electron chi connectivity index (χ2n) is 4.97. The van der Waals surface area contributed by atoms with Crippen LogP contribution in [0.5, 0.6) is 0 Å². The number of halogens is 1. The summed E-state index contributed by atoms with van der Waals surface area (Å²) >= 11 is 0. The normalized spacial score (nSPS) is 16.9. The first kappa shape index (κ1) is 16.0. The Balaban J connectivity index is 0.00000180. The van der Waals surface area contributed by atoms with E-state index < -0.39 is 0 Å². The summed E-state index contributed by atoms with van der Waals surface area (Å²) in [6.45, 7) is 3.43. The van der Waals surface area contributed by atoms with Crippen LogP contribution in [0.15, 0.2) is 24.3 Å². The van der Waals surface area contributed by atoms with Crippen molar-refractivity contribution in [2.45, 2.75) is 25.9 Å². The van der Waals surface area contributed by atoms with Gasteiger partial charge in [-0.15, -0.1) is 12.4 Å². The summed E-state index contributed by atoms with van der Waals surface area (Å²) in [7, 11) is 0. The number of rotatable bonds is 4. The number of likely N-dealkylation sites (tertiary alicyclic amines) is 1. The second kappa shape index (κ2) is 7.48. The van der Waals surface area contributed by atoms with Gasteiger partial charge in [0.2, 0.25) is 5.91 Å². The molecule has 0 aromatic heterocycles. The molecule has 1 aromatic rings. The smallest absolute Gasteiger partial charge is 0.220 e. The third-order valence-electron chi connectivity index (χ3n) is 3.65. The molecule has 0 aliphatic carbocycles. The predicted octanol–water partition coefficient (Wildman–Crippen LogP) is 1.26. The number of hydrogen-bond donors (Lipinski definition) is 2. The van der Waals surface area contributed by atoms with E-state index in [2.05, 4.69) is 29.2 Å². The van der Waals surface area contributed by atoms with Crippen molar-refractivity contribution in [3.05, 3.63) is 35.4 Å². The summed E-state index contributed by atoms with van der Waals surface area (Å²) in [5.41, 5.74) is 13.4. The number of carbonyl (C=O) groups excluding carboxylic acids is 1. The molecule has 106 valence electrons. The van der Waals surface area contributed by atoms with Crippen LogP contribution in [0.25, 0.3) is 0 Å². The minimum Gasteiger partial charge on any atom is -0.369 e. The van der Waals surface area contributed by atoms with E-state index in [1.807, 2.05) is 0 Å². The SMILES string of the molecule is Cl.NCc1ccc(CN2CCC(C(N)=O)CC2)cc1. The predicted molar refractivity (Wildman–Crippen MR) is 78.8 cm³/mol. The fourth-order valence-electron chi connectivity index (χ4n) is 2.41. The van der Waals surface area contributed by atoms with Gasteiger partial charge in [0.15, 0.2) is 0 Å². The van der Waals surface area contributed by atoms with Gasteiger partial charge in [0, 0.05) is 19.0 Å². The summed E-state index contributed by atoms with van der Waals surface area (Å²) in [4.78, 5) is 13.5. The zero-order chi connectivity index (χ0) is 13.0. The fourth-order valence-corrected chi connectivity index (χ4v) is 2.41. The van der Waals surface area contributed by atoms with Gasteiger partial charge in [-0.25, -0.2) is 0 Å². The van der Waals surface area contributed by atoms with Crippen molar-refractivity contribution in [2.24, 2.45) is 17.4 Å². The first-order valence-electron chi connectivity index (χ1n) is 6.48. The largest absolute Gasteiger partial charge is 0.369 e. The molecule has 1 aliphatic heterocycles. The minimum atomic E-state index is -0.151. The Morgan fingerprint density at radius 1 is 1.16 bits per heavy atom. The molecule has 0 atom stereocenters. The third kappa shape index (κ3) is 4.49. The highest BCUT2D eigenvalue weighted by Gasteiger charge is 2.22. The van der Waals surface area contributed by atoms with Gasteiger partial charge >= 0.3 is 0 Å². The van der Waals surface area contributed by atoms with E-state index in [0.717, 1.165) is 38.0 Å². The van der Waals surface area contributed by atoms with Crippen LogP contribution in [0.1, 0.15) is 24.0 Å². The number of hydrogen-bond acceptors (Lipinski definition) is 3. The highest BCUT2D eigenvalue weighted by Crippen LogP contribution is 2.18. The van der Waals surface area contributed by atoms with Crippen molar-refractivity contribution in [2.75, 3.05) is 13.1 Å². The quantitative estimate of drug-likeness (QED) is 0.874. The summed E-state index contributed by atoms with van der Waals surface area (Å²) in [5, 5.41) is 0. The number of nitrogens with two attached hydrogens (primary N) is 2. The summed E-state index contributed by atoms with van der Waals surface area (Å²) in [5.74, 6) is -0.0807. The zero-order valence-electron chi connectivity index (χ0n) is 11.0. The molecule has 4 N–H and O–H groups in total. The van der Waals surface area contributed by atoms with E-state index in [9.17, 15) is 4.79 Å². The van der Waals surface area contributed by atoms with Crippen LogP contribution in [0, 0.1) is 5.92 Å². The van der Waals surface area contributed by atoms with Gasteiger partial charge in [0.05, 0.1) is 0 Å². The molecule has 1 amide bonds. The monoisotopic (exact) mass is 283 g/mol. The number of primary amides is 1. The Labute approximate surface area is 120 Å². The first-order chi connectivity index (χ1) is 8.69. The maximum Gasteiger partial charge on any atom is 0.220 e. The number of benzene rings is 1. The van der Waals surface area contributed by atoms with Crippen molar-refractivity contribution >= 4 is 18.3 Å². The van der Waals surface area contributed by atoms with Crippen molar-refractivity contribution in [1.82, 2.24) is 4.90 Å². The highest BCUT2D eigenvalue weighted by molar-refractivity contribution is 5.85. The van der Waals surface area contributed by atoms with Crippen molar-refractivity contribution in [3.63, 3.8) is 0 Å². The average Bonchev–Trinajstić information content (AvgIpc) is 2.40. The molecule has 1 aliphatic rings. The topological polar surface area (TPSA) is 72.3 Å². The molecule has 0 radical (unpaired) electrons. The van der Waals surface area contributed by atoms with Gasteiger partial charge < -0.3 is 11.5 Å². The van der Waals surface area contributed by atoms with Crippen LogP contribution < -0.4 is 11.5 Å². The Kier molecular flexibility index (Phi) is 6.28. The van der Waals surface area contributed by atoms with E-state index in [0.29, 0.717) is 6.54 Å². The fraction of sp³-hybridized carbons (Fsp3) is 0.500. The average molecular weight is 284 g/mol. The van der Waals surface area contributed by atoms with Crippen LogP contribution in [-0.2, 0) is 17.9 Å². The summed E-state index contributed by atoms with van der Waals surface area (Å²) in [6, 6.07) is 8.40. The van der Waals surface area contributed by atoms with E-state index in [1.54, 1.807) is 0 Å². The molecular weight excluding hydrogens is 262 g/mol. The lowest BCUT2D eigenvalue weighted by molar-refractivity contribution is -0.123. The van der Waals surface area contributed by atoms with E-state index in [1.165, 1.54) is 5.56 Å². The van der Waals surface area contributed by atoms with E-state index in [4.69, 9.17) is 11.5 Å². The number of amides is 1. The van der Waals surface area contributed by atoms with Crippen molar-refractivity contribution in [1.29, 1.82) is 0 Å². The maximum absolute atomic E-state index is 11.1. The van der Waals surface area contributed by atoms with Crippen LogP contribution >= 0.6 is 12.4 Å². The van der Waals surface area contributed by atoms with Gasteiger partial charge in [-0.1, -0.05) is 24.3 Å². The molecule has 1 saturated heterocycles. The Bertz CT molecular complexity index is 400. The van der Waals surface area contributed by atoms with Crippen LogP contribution in [0.4, 0.5) is 0 Å². The lowest BCUT2D eigenvalue weighted by atomic mass is 9.96. The molecule has 1 aromatic carbocycles. The molecular formula is C14H22ClN3O. The second-order valence-corrected chi connectivity index (χ2v) is 4.97. The van der Waals surface area contributed by atoms with Gasteiger partial charge in [-0.2, -0.15) is 0 Å². The van der Waals surface area contributed by atoms with Gasteiger partial charge in [-0.3, -0.25) is 9.69 Å². The molecule has 0 bridgehead atoms. The van der Waals surface area contributed by atoms with Crippen LogP contribution in [0.3, 0.4) is 0 Å². The lowest BCUT2D eigenvalue weighted by Crippen LogP contribution is -2.38. The van der Waals surface area contributed by atoms with Gasteiger partial charge in [0.1, 0.15) is 0 Å². The van der Waals surface area contributed by atoms with Crippen molar-refractivity contribution in [3.8, 4) is 0 Å². The molecule has 1 heterocycles. The number of carbonyl (C=O) groups is 1. The summed E-state index contributed by atoms with van der Waals surface area (Å²) in [6.07, 6.45) is 1.77. The summed E-state index contributed by atoms with van der Waals surface area (Å²) < 4.78 is 0. The molecule has 19 heavy (non-hydrogen) atoms. The maximum atomic E-state index is 11.1. The van der Waals surface area contributed by atoms with E-state index in [-0.39, 0.29) is 24.2 Å². The van der Waals surface area contributed by atoms with Crippen LogP contribution in [0.2, 0.25) is 0 Å². The van der Waals surface area contributed by atoms with Crippen LogP contribution in [-0.4, -0.2) is 23.9 Å². The Morgan fingerprint density at radius 3 is 2.16 bits per heavy atom. The van der Waals surface area contributed by atoms with Crippen molar-refractivity contribution < 1.29 is 4.79 Å².